The largest absolute Gasteiger partial charge is 0.511 e. The second-order valence-corrected chi connectivity index (χ2v) is 6.66. The van der Waals surface area contributed by atoms with Gasteiger partial charge in [-0.2, -0.15) is 0 Å². The molecule has 2 aromatic rings. The maximum Gasteiger partial charge on any atom is 0.322 e. The number of carbonyl (C=O) groups is 3. The van der Waals surface area contributed by atoms with Crippen molar-refractivity contribution in [3.8, 4) is 17.4 Å². The molecule has 0 atom stereocenters. The highest BCUT2D eigenvalue weighted by Crippen LogP contribution is 2.24. The predicted molar refractivity (Wildman–Crippen MR) is 108 cm³/mol. The Balaban J connectivity index is 1.65. The lowest BCUT2D eigenvalue weighted by molar-refractivity contribution is -0.138. The topological polar surface area (TPSA) is 138 Å². The van der Waals surface area contributed by atoms with Crippen LogP contribution < -0.4 is 14.8 Å². The smallest absolute Gasteiger partial charge is 0.322 e. The molecule has 0 saturated heterocycles. The minimum Gasteiger partial charge on any atom is -0.511 e. The van der Waals surface area contributed by atoms with E-state index in [4.69, 9.17) is 14.6 Å². The predicted octanol–water partition coefficient (Wildman–Crippen LogP) is 1.63. The van der Waals surface area contributed by atoms with Crippen LogP contribution in [0.5, 0.6) is 17.4 Å². The third-order valence-corrected chi connectivity index (χ3v) is 4.47. The monoisotopic (exact) mass is 427 g/mol. The highest BCUT2D eigenvalue weighted by molar-refractivity contribution is 6.19. The molecule has 0 saturated carbocycles. The number of carboxylic acids is 1. The standard InChI is InChI=1S/C21H21N3O7/c1-30-14-3-2-4-15(9-14)31-17-6-5-13(10-22-17)12-24-8-7-16(25)19(21(24)29)20(28)23-11-18(26)27/h2-6,9-10,25H,7-8,11-12H2,1H3,(H,23,28)(H,26,27). The van der Waals surface area contributed by atoms with E-state index < -0.39 is 29.9 Å². The lowest BCUT2D eigenvalue weighted by atomic mass is 10.1. The molecule has 3 rings (SSSR count). The van der Waals surface area contributed by atoms with Crippen LogP contribution in [-0.4, -0.2) is 58.1 Å². The molecule has 0 bridgehead atoms. The summed E-state index contributed by atoms with van der Waals surface area (Å²) in [7, 11) is 1.56. The number of hydrogen-bond donors (Lipinski definition) is 3. The highest BCUT2D eigenvalue weighted by atomic mass is 16.5. The molecule has 1 aliphatic heterocycles. The lowest BCUT2D eigenvalue weighted by Gasteiger charge is -2.28. The zero-order valence-electron chi connectivity index (χ0n) is 16.7. The van der Waals surface area contributed by atoms with Crippen LogP contribution in [0.25, 0.3) is 0 Å². The van der Waals surface area contributed by atoms with Gasteiger partial charge in [0.2, 0.25) is 5.88 Å². The normalized spacial score (nSPS) is 13.7. The van der Waals surface area contributed by atoms with Gasteiger partial charge in [-0.15, -0.1) is 0 Å². The summed E-state index contributed by atoms with van der Waals surface area (Å²) in [6.45, 7) is -0.279. The molecule has 1 aromatic carbocycles. The number of amides is 2. The number of benzene rings is 1. The molecule has 31 heavy (non-hydrogen) atoms. The molecule has 2 amide bonds. The van der Waals surface area contributed by atoms with Crippen LogP contribution in [0, 0.1) is 0 Å². The van der Waals surface area contributed by atoms with E-state index in [1.54, 1.807) is 49.7 Å². The quantitative estimate of drug-likeness (QED) is 0.541. The van der Waals surface area contributed by atoms with Crippen molar-refractivity contribution in [2.24, 2.45) is 0 Å². The van der Waals surface area contributed by atoms with Gasteiger partial charge in [0.05, 0.1) is 7.11 Å². The fraction of sp³-hybridized carbons (Fsp3) is 0.238. The molecule has 3 N–H and O–H groups in total. The van der Waals surface area contributed by atoms with Gasteiger partial charge < -0.3 is 29.9 Å². The first kappa shape index (κ1) is 21.6. The van der Waals surface area contributed by atoms with Gasteiger partial charge in [-0.05, 0) is 17.7 Å². The second kappa shape index (κ2) is 9.61. The summed E-state index contributed by atoms with van der Waals surface area (Å²) in [6.07, 6.45) is 1.64. The van der Waals surface area contributed by atoms with Crippen molar-refractivity contribution in [2.45, 2.75) is 13.0 Å². The first-order chi connectivity index (χ1) is 14.9. The molecule has 0 spiro atoms. The fourth-order valence-corrected chi connectivity index (χ4v) is 2.94. The maximum absolute atomic E-state index is 12.6. The number of methoxy groups -OCH3 is 1. The SMILES string of the molecule is COc1cccc(Oc2ccc(CN3CCC(O)=C(C(=O)NCC(=O)O)C3=O)cn2)c1. The Labute approximate surface area is 177 Å². The van der Waals surface area contributed by atoms with Crippen LogP contribution in [0.4, 0.5) is 0 Å². The number of nitrogens with one attached hydrogen (secondary N) is 1. The van der Waals surface area contributed by atoms with E-state index in [1.807, 2.05) is 0 Å². The van der Waals surface area contributed by atoms with Crippen molar-refractivity contribution in [1.82, 2.24) is 15.2 Å². The minimum atomic E-state index is -1.25. The first-order valence-corrected chi connectivity index (χ1v) is 9.35. The lowest BCUT2D eigenvalue weighted by Crippen LogP contribution is -2.43. The third-order valence-electron chi connectivity index (χ3n) is 4.47. The van der Waals surface area contributed by atoms with Gasteiger partial charge in [-0.25, -0.2) is 4.98 Å². The Morgan fingerprint density at radius 3 is 2.68 bits per heavy atom. The Hall–Kier alpha value is -4.08. The van der Waals surface area contributed by atoms with Crippen molar-refractivity contribution in [2.75, 3.05) is 20.2 Å². The molecule has 10 nitrogen and oxygen atoms in total. The second-order valence-electron chi connectivity index (χ2n) is 6.66. The van der Waals surface area contributed by atoms with E-state index in [0.717, 1.165) is 0 Å². The van der Waals surface area contributed by atoms with Gasteiger partial charge in [0, 0.05) is 37.8 Å². The molecule has 0 unspecified atom stereocenters. The number of ether oxygens (including phenoxy) is 2. The van der Waals surface area contributed by atoms with Crippen molar-refractivity contribution in [3.63, 3.8) is 0 Å². The number of aliphatic hydroxyl groups excluding tert-OH is 1. The number of carbonyl (C=O) groups excluding carboxylic acids is 2. The number of rotatable bonds is 8. The minimum absolute atomic E-state index is 0.0893. The number of aromatic nitrogens is 1. The van der Waals surface area contributed by atoms with E-state index >= 15 is 0 Å². The van der Waals surface area contributed by atoms with Crippen molar-refractivity contribution in [3.05, 3.63) is 59.5 Å². The van der Waals surface area contributed by atoms with E-state index in [1.165, 1.54) is 4.90 Å². The van der Waals surface area contributed by atoms with Crippen LogP contribution in [0.15, 0.2) is 53.9 Å². The summed E-state index contributed by atoms with van der Waals surface area (Å²) >= 11 is 0. The molecule has 2 heterocycles. The summed E-state index contributed by atoms with van der Waals surface area (Å²) in [5, 5.41) is 20.7. The van der Waals surface area contributed by atoms with Crippen molar-refractivity contribution in [1.29, 1.82) is 0 Å². The van der Waals surface area contributed by atoms with Crippen molar-refractivity contribution < 1.29 is 34.1 Å². The summed E-state index contributed by atoms with van der Waals surface area (Å²) in [4.78, 5) is 41.0. The van der Waals surface area contributed by atoms with E-state index in [2.05, 4.69) is 10.3 Å². The van der Waals surface area contributed by atoms with Gasteiger partial charge >= 0.3 is 5.97 Å². The van der Waals surface area contributed by atoms with Crippen molar-refractivity contribution >= 4 is 17.8 Å². The highest BCUT2D eigenvalue weighted by Gasteiger charge is 2.32. The summed E-state index contributed by atoms with van der Waals surface area (Å²) in [5.74, 6) is -1.65. The van der Waals surface area contributed by atoms with E-state index in [0.29, 0.717) is 22.9 Å². The van der Waals surface area contributed by atoms with Gasteiger partial charge in [-0.1, -0.05) is 12.1 Å². The van der Waals surface area contributed by atoms with Crippen LogP contribution in [0.1, 0.15) is 12.0 Å². The van der Waals surface area contributed by atoms with Crippen LogP contribution in [0.2, 0.25) is 0 Å². The molecular weight excluding hydrogens is 406 g/mol. The number of aliphatic carboxylic acids is 1. The third kappa shape index (κ3) is 5.50. The van der Waals surface area contributed by atoms with Gasteiger partial charge in [0.1, 0.15) is 29.4 Å². The average molecular weight is 427 g/mol. The molecule has 10 heteroatoms. The van der Waals surface area contributed by atoms with Gasteiger partial charge in [0.15, 0.2) is 0 Å². The Morgan fingerprint density at radius 1 is 1.23 bits per heavy atom. The Morgan fingerprint density at radius 2 is 2.00 bits per heavy atom. The zero-order valence-corrected chi connectivity index (χ0v) is 16.7. The summed E-state index contributed by atoms with van der Waals surface area (Å²) in [6, 6.07) is 10.5. The van der Waals surface area contributed by atoms with E-state index in [9.17, 15) is 19.5 Å². The Kier molecular flexibility index (Phi) is 6.71. The molecule has 1 aliphatic rings. The summed E-state index contributed by atoms with van der Waals surface area (Å²) < 4.78 is 10.8. The van der Waals surface area contributed by atoms with Crippen LogP contribution in [0.3, 0.4) is 0 Å². The number of carboxylic acid groups (broad SMARTS) is 1. The molecule has 0 fully saturated rings. The fourth-order valence-electron chi connectivity index (χ4n) is 2.94. The first-order valence-electron chi connectivity index (χ1n) is 9.35. The molecule has 162 valence electrons. The molecule has 1 aromatic heterocycles. The maximum atomic E-state index is 12.6. The Bertz CT molecular complexity index is 1020. The summed E-state index contributed by atoms with van der Waals surface area (Å²) in [5.41, 5.74) is 0.247. The average Bonchev–Trinajstić information content (AvgIpc) is 2.76. The van der Waals surface area contributed by atoms with Crippen LogP contribution in [-0.2, 0) is 20.9 Å². The van der Waals surface area contributed by atoms with E-state index in [-0.39, 0.29) is 25.3 Å². The number of aliphatic hydroxyl groups is 1. The van der Waals surface area contributed by atoms with Crippen LogP contribution >= 0.6 is 0 Å². The molecular formula is C21H21N3O7. The molecule has 0 aliphatic carbocycles. The number of hydrogen-bond acceptors (Lipinski definition) is 7. The van der Waals surface area contributed by atoms with Gasteiger partial charge in [-0.3, -0.25) is 14.4 Å². The number of nitrogens with zero attached hydrogens (tertiary/aromatic N) is 2. The zero-order chi connectivity index (χ0) is 22.4. The molecule has 0 radical (unpaired) electrons. The number of pyridine rings is 1. The van der Waals surface area contributed by atoms with Gasteiger partial charge in [0.25, 0.3) is 11.8 Å².